The van der Waals surface area contributed by atoms with Gasteiger partial charge in [-0.1, -0.05) is 46.9 Å². The number of rotatable bonds is 3. The Balaban J connectivity index is 1.62. The van der Waals surface area contributed by atoms with Gasteiger partial charge in [0.15, 0.2) is 0 Å². The van der Waals surface area contributed by atoms with Gasteiger partial charge in [-0.3, -0.25) is 0 Å². The highest BCUT2D eigenvalue weighted by Crippen LogP contribution is 2.40. The molecule has 0 bridgehead atoms. The van der Waals surface area contributed by atoms with Gasteiger partial charge in [0.2, 0.25) is 0 Å². The predicted octanol–water partition coefficient (Wildman–Crippen LogP) is 6.00. The Hall–Kier alpha value is -0.890. The van der Waals surface area contributed by atoms with Gasteiger partial charge in [-0.05, 0) is 54.7 Å². The summed E-state index contributed by atoms with van der Waals surface area (Å²) in [5.41, 5.74) is 2.22. The number of hydrogen-bond acceptors (Lipinski definition) is 1. The van der Waals surface area contributed by atoms with Crippen molar-refractivity contribution >= 4 is 40.5 Å². The molecule has 104 valence electrons. The van der Waals surface area contributed by atoms with Gasteiger partial charge in [-0.15, -0.1) is 0 Å². The Kier molecular flexibility index (Phi) is 4.11. The summed E-state index contributed by atoms with van der Waals surface area (Å²) in [5, 5.41) is 5.66. The van der Waals surface area contributed by atoms with E-state index in [0.29, 0.717) is 22.0 Å². The molecule has 0 unspecified atom stereocenters. The van der Waals surface area contributed by atoms with E-state index >= 15 is 0 Å². The van der Waals surface area contributed by atoms with E-state index in [1.165, 1.54) is 5.56 Å². The molecular weight excluding hydrogens is 313 g/mol. The van der Waals surface area contributed by atoms with Crippen LogP contribution in [0.2, 0.25) is 15.1 Å². The van der Waals surface area contributed by atoms with Crippen molar-refractivity contribution in [3.05, 3.63) is 63.1 Å². The number of hydrogen-bond donors (Lipinski definition) is 1. The fraction of sp³-hybridized carbons (Fsp3) is 0.250. The minimum absolute atomic E-state index is 0.440. The molecule has 0 atom stereocenters. The maximum absolute atomic E-state index is 6.16. The summed E-state index contributed by atoms with van der Waals surface area (Å²) in [7, 11) is 0. The van der Waals surface area contributed by atoms with Gasteiger partial charge >= 0.3 is 0 Å². The predicted molar refractivity (Wildman–Crippen MR) is 87.3 cm³/mol. The third kappa shape index (κ3) is 3.06. The molecule has 0 spiro atoms. The van der Waals surface area contributed by atoms with E-state index in [1.807, 2.05) is 24.3 Å². The second-order valence-electron chi connectivity index (χ2n) is 5.19. The summed E-state index contributed by atoms with van der Waals surface area (Å²) in [4.78, 5) is 0. The zero-order valence-corrected chi connectivity index (χ0v) is 13.0. The third-order valence-corrected chi connectivity index (χ3v) is 4.55. The molecule has 1 N–H and O–H groups in total. The average Bonchev–Trinajstić information content (AvgIpc) is 2.37. The largest absolute Gasteiger partial charge is 0.381 e. The van der Waals surface area contributed by atoms with Crippen LogP contribution in [0.3, 0.4) is 0 Å². The van der Waals surface area contributed by atoms with Crippen LogP contribution in [0.25, 0.3) is 0 Å². The van der Waals surface area contributed by atoms with Crippen molar-refractivity contribution in [2.45, 2.75) is 24.8 Å². The van der Waals surface area contributed by atoms with Crippen LogP contribution in [0.15, 0.2) is 42.5 Å². The van der Waals surface area contributed by atoms with Gasteiger partial charge in [-0.25, -0.2) is 0 Å². The van der Waals surface area contributed by atoms with E-state index in [1.54, 1.807) is 6.07 Å². The van der Waals surface area contributed by atoms with Crippen LogP contribution in [0.5, 0.6) is 0 Å². The Morgan fingerprint density at radius 3 is 2.40 bits per heavy atom. The van der Waals surface area contributed by atoms with Crippen LogP contribution < -0.4 is 5.32 Å². The summed E-state index contributed by atoms with van der Waals surface area (Å²) < 4.78 is 0. The van der Waals surface area contributed by atoms with Crippen LogP contribution in [0, 0.1) is 0 Å². The highest BCUT2D eigenvalue weighted by Gasteiger charge is 2.30. The van der Waals surface area contributed by atoms with Crippen molar-refractivity contribution in [3.8, 4) is 0 Å². The van der Waals surface area contributed by atoms with Crippen molar-refractivity contribution in [3.63, 3.8) is 0 Å². The summed E-state index contributed by atoms with van der Waals surface area (Å²) in [6, 6.07) is 14.0. The molecule has 2 aromatic rings. The summed E-state index contributed by atoms with van der Waals surface area (Å²) in [6.07, 6.45) is 2.17. The van der Waals surface area contributed by atoms with Crippen molar-refractivity contribution in [1.82, 2.24) is 0 Å². The lowest BCUT2D eigenvalue weighted by molar-refractivity contribution is 0.374. The van der Waals surface area contributed by atoms with Crippen molar-refractivity contribution in [2.75, 3.05) is 5.32 Å². The maximum atomic E-state index is 6.16. The van der Waals surface area contributed by atoms with Gasteiger partial charge in [0.1, 0.15) is 0 Å². The molecule has 0 aliphatic heterocycles. The van der Waals surface area contributed by atoms with Gasteiger partial charge < -0.3 is 5.32 Å². The molecule has 1 aliphatic rings. The molecule has 0 radical (unpaired) electrons. The molecule has 0 aromatic heterocycles. The van der Waals surface area contributed by atoms with E-state index in [-0.39, 0.29) is 0 Å². The molecule has 1 saturated carbocycles. The lowest BCUT2D eigenvalue weighted by atomic mass is 9.76. The Labute approximate surface area is 133 Å². The van der Waals surface area contributed by atoms with Crippen LogP contribution in [0.4, 0.5) is 5.69 Å². The molecule has 4 heteroatoms. The van der Waals surface area contributed by atoms with E-state index in [0.717, 1.165) is 23.6 Å². The molecule has 0 amide bonds. The maximum Gasteiger partial charge on any atom is 0.0638 e. The quantitative estimate of drug-likeness (QED) is 0.729. The highest BCUT2D eigenvalue weighted by molar-refractivity contribution is 6.35. The Morgan fingerprint density at radius 2 is 1.65 bits per heavy atom. The smallest absolute Gasteiger partial charge is 0.0638 e. The fourth-order valence-electron chi connectivity index (χ4n) is 2.60. The van der Waals surface area contributed by atoms with E-state index in [4.69, 9.17) is 34.8 Å². The van der Waals surface area contributed by atoms with E-state index in [2.05, 4.69) is 17.4 Å². The molecule has 1 nitrogen and oxygen atoms in total. The standard InChI is InChI=1S/C16H14Cl3N/c17-12-3-1-2-10(6-12)11-7-14(8-11)20-16-9-13(18)4-5-15(16)19/h1-6,9,11,14,20H,7-8H2. The molecule has 1 aliphatic carbocycles. The lowest BCUT2D eigenvalue weighted by Gasteiger charge is -2.37. The fourth-order valence-corrected chi connectivity index (χ4v) is 3.14. The first kappa shape index (κ1) is 14.1. The minimum atomic E-state index is 0.440. The number of halogens is 3. The van der Waals surface area contributed by atoms with Crippen LogP contribution >= 0.6 is 34.8 Å². The van der Waals surface area contributed by atoms with E-state index < -0.39 is 0 Å². The monoisotopic (exact) mass is 325 g/mol. The highest BCUT2D eigenvalue weighted by atomic mass is 35.5. The van der Waals surface area contributed by atoms with E-state index in [9.17, 15) is 0 Å². The number of benzene rings is 2. The molecule has 3 rings (SSSR count). The van der Waals surface area contributed by atoms with Crippen molar-refractivity contribution in [1.29, 1.82) is 0 Å². The molecular formula is C16H14Cl3N. The Bertz CT molecular complexity index is 621. The molecule has 2 aromatic carbocycles. The topological polar surface area (TPSA) is 12.0 Å². The van der Waals surface area contributed by atoms with Crippen LogP contribution in [0.1, 0.15) is 24.3 Å². The molecule has 0 heterocycles. The number of anilines is 1. The third-order valence-electron chi connectivity index (χ3n) is 3.75. The summed E-state index contributed by atoms with van der Waals surface area (Å²) in [6.45, 7) is 0. The first-order valence-electron chi connectivity index (χ1n) is 6.59. The molecule has 0 saturated heterocycles. The first-order valence-corrected chi connectivity index (χ1v) is 7.72. The van der Waals surface area contributed by atoms with Crippen LogP contribution in [-0.4, -0.2) is 6.04 Å². The zero-order chi connectivity index (χ0) is 14.1. The van der Waals surface area contributed by atoms with Crippen molar-refractivity contribution < 1.29 is 0 Å². The zero-order valence-electron chi connectivity index (χ0n) is 10.7. The van der Waals surface area contributed by atoms with Gasteiger partial charge in [0.25, 0.3) is 0 Å². The first-order chi connectivity index (χ1) is 9.61. The van der Waals surface area contributed by atoms with Gasteiger partial charge in [0, 0.05) is 16.1 Å². The number of nitrogens with one attached hydrogen (secondary N) is 1. The Morgan fingerprint density at radius 1 is 0.900 bits per heavy atom. The van der Waals surface area contributed by atoms with Crippen LogP contribution in [-0.2, 0) is 0 Å². The van der Waals surface area contributed by atoms with Gasteiger partial charge in [-0.2, -0.15) is 0 Å². The second-order valence-corrected chi connectivity index (χ2v) is 6.47. The lowest BCUT2D eigenvalue weighted by Crippen LogP contribution is -2.34. The SMILES string of the molecule is Clc1cccc(C2CC(Nc3cc(Cl)ccc3Cl)C2)c1. The minimum Gasteiger partial charge on any atom is -0.381 e. The van der Waals surface area contributed by atoms with Gasteiger partial charge in [0.05, 0.1) is 10.7 Å². The average molecular weight is 327 g/mol. The summed E-state index contributed by atoms with van der Waals surface area (Å²) in [5.74, 6) is 0.573. The normalized spacial score (nSPS) is 21.4. The summed E-state index contributed by atoms with van der Waals surface area (Å²) >= 11 is 18.2. The molecule has 20 heavy (non-hydrogen) atoms. The molecule has 1 fully saturated rings. The van der Waals surface area contributed by atoms with Crippen molar-refractivity contribution in [2.24, 2.45) is 0 Å². The second kappa shape index (κ2) is 5.85.